The van der Waals surface area contributed by atoms with Crippen LogP contribution in [0.5, 0.6) is 0 Å². The Bertz CT molecular complexity index is 385. The van der Waals surface area contributed by atoms with Crippen molar-refractivity contribution in [2.75, 3.05) is 6.61 Å². The molecule has 1 saturated heterocycles. The van der Waals surface area contributed by atoms with Crippen LogP contribution in [0.1, 0.15) is 28.4 Å². The maximum Gasteiger partial charge on any atom is 0.338 e. The van der Waals surface area contributed by atoms with Crippen LogP contribution in [-0.4, -0.2) is 17.7 Å². The predicted molar refractivity (Wildman–Crippen MR) is 47.8 cm³/mol. The van der Waals surface area contributed by atoms with Gasteiger partial charge < -0.3 is 5.11 Å². The summed E-state index contributed by atoms with van der Waals surface area (Å²) in [6.07, 6.45) is 0.0179. The van der Waals surface area contributed by atoms with Gasteiger partial charge in [-0.3, -0.25) is 0 Å². The van der Waals surface area contributed by atoms with Crippen molar-refractivity contribution < 1.29 is 24.1 Å². The predicted octanol–water partition coefficient (Wildman–Crippen LogP) is 1.92. The monoisotopic (exact) mass is 212 g/mol. The van der Waals surface area contributed by atoms with Crippen molar-refractivity contribution >= 4 is 5.97 Å². The van der Waals surface area contributed by atoms with E-state index in [1.807, 2.05) is 0 Å². The van der Waals surface area contributed by atoms with Gasteiger partial charge in [0.2, 0.25) is 0 Å². The fourth-order valence-electron chi connectivity index (χ4n) is 1.50. The van der Waals surface area contributed by atoms with E-state index in [-0.39, 0.29) is 11.1 Å². The van der Waals surface area contributed by atoms with Crippen LogP contribution in [0.25, 0.3) is 0 Å². The molecule has 1 unspecified atom stereocenters. The van der Waals surface area contributed by atoms with Crippen molar-refractivity contribution in [2.24, 2.45) is 0 Å². The SMILES string of the molecule is O=C(O)c1cccc(C2CCOO2)c1F. The lowest BCUT2D eigenvalue weighted by atomic mass is 10.0. The van der Waals surface area contributed by atoms with Gasteiger partial charge in [0.1, 0.15) is 11.9 Å². The first-order chi connectivity index (χ1) is 7.20. The minimum Gasteiger partial charge on any atom is -0.478 e. The van der Waals surface area contributed by atoms with Crippen LogP contribution in [0.15, 0.2) is 18.2 Å². The van der Waals surface area contributed by atoms with E-state index in [4.69, 9.17) is 9.99 Å². The summed E-state index contributed by atoms with van der Waals surface area (Å²) in [5.41, 5.74) is -0.115. The van der Waals surface area contributed by atoms with E-state index in [1.54, 1.807) is 0 Å². The Balaban J connectivity index is 2.39. The van der Waals surface area contributed by atoms with E-state index in [0.717, 1.165) is 0 Å². The summed E-state index contributed by atoms with van der Waals surface area (Å²) in [5.74, 6) is -2.03. The average molecular weight is 212 g/mol. The second-order valence-electron chi connectivity index (χ2n) is 3.21. The zero-order valence-corrected chi connectivity index (χ0v) is 7.77. The summed E-state index contributed by atoms with van der Waals surface area (Å²) in [5, 5.41) is 8.72. The molecule has 0 amide bonds. The first-order valence-corrected chi connectivity index (χ1v) is 4.50. The molecule has 1 aromatic rings. The third kappa shape index (κ3) is 1.84. The minimum absolute atomic E-state index is 0.229. The molecule has 4 nitrogen and oxygen atoms in total. The van der Waals surface area contributed by atoms with E-state index in [0.29, 0.717) is 13.0 Å². The second-order valence-corrected chi connectivity index (χ2v) is 3.21. The van der Waals surface area contributed by atoms with Crippen LogP contribution in [-0.2, 0) is 9.78 Å². The molecule has 2 rings (SSSR count). The van der Waals surface area contributed by atoms with E-state index >= 15 is 0 Å². The molecule has 0 bridgehead atoms. The molecule has 0 aliphatic carbocycles. The number of rotatable bonds is 2. The van der Waals surface area contributed by atoms with Gasteiger partial charge in [-0.1, -0.05) is 12.1 Å². The second kappa shape index (κ2) is 3.96. The molecule has 1 N–H and O–H groups in total. The Morgan fingerprint density at radius 3 is 2.93 bits per heavy atom. The first-order valence-electron chi connectivity index (χ1n) is 4.50. The highest BCUT2D eigenvalue weighted by atomic mass is 19.1. The van der Waals surface area contributed by atoms with Crippen LogP contribution in [0.3, 0.4) is 0 Å². The summed E-state index contributed by atoms with van der Waals surface area (Å²) in [6, 6.07) is 4.21. The normalized spacial score (nSPS) is 20.5. The molecular formula is C10H9FO4. The molecule has 0 radical (unpaired) electrons. The van der Waals surface area contributed by atoms with Gasteiger partial charge in [0, 0.05) is 12.0 Å². The van der Waals surface area contributed by atoms with Gasteiger partial charge in [-0.25, -0.2) is 19.0 Å². The molecule has 1 aromatic carbocycles. The van der Waals surface area contributed by atoms with Crippen LogP contribution in [0.2, 0.25) is 0 Å². The molecule has 1 heterocycles. The van der Waals surface area contributed by atoms with Gasteiger partial charge in [0.15, 0.2) is 0 Å². The molecule has 1 atom stereocenters. The fourth-order valence-corrected chi connectivity index (χ4v) is 1.50. The highest BCUT2D eigenvalue weighted by Crippen LogP contribution is 2.29. The third-order valence-electron chi connectivity index (χ3n) is 2.25. The zero-order valence-electron chi connectivity index (χ0n) is 7.77. The molecule has 0 spiro atoms. The van der Waals surface area contributed by atoms with Crippen molar-refractivity contribution in [3.63, 3.8) is 0 Å². The van der Waals surface area contributed by atoms with Crippen molar-refractivity contribution in [2.45, 2.75) is 12.5 Å². The molecule has 15 heavy (non-hydrogen) atoms. The zero-order chi connectivity index (χ0) is 10.8. The van der Waals surface area contributed by atoms with Crippen LogP contribution >= 0.6 is 0 Å². The molecule has 0 saturated carbocycles. The standard InChI is InChI=1S/C10H9FO4/c11-9-6(8-4-5-14-15-8)2-1-3-7(9)10(12)13/h1-3,8H,4-5H2,(H,12,13). The number of aromatic carboxylic acids is 1. The molecule has 1 fully saturated rings. The molecular weight excluding hydrogens is 203 g/mol. The Labute approximate surface area is 85.2 Å². The smallest absolute Gasteiger partial charge is 0.338 e. The summed E-state index contributed by atoms with van der Waals surface area (Å²) in [4.78, 5) is 20.2. The highest BCUT2D eigenvalue weighted by molar-refractivity contribution is 5.88. The van der Waals surface area contributed by atoms with E-state index < -0.39 is 17.9 Å². The van der Waals surface area contributed by atoms with E-state index in [2.05, 4.69) is 4.89 Å². The number of benzene rings is 1. The number of hydrogen-bond donors (Lipinski definition) is 1. The van der Waals surface area contributed by atoms with Gasteiger partial charge >= 0.3 is 5.97 Å². The Kier molecular flexibility index (Phi) is 2.66. The average Bonchev–Trinajstić information content (AvgIpc) is 2.70. The third-order valence-corrected chi connectivity index (χ3v) is 2.25. The summed E-state index contributed by atoms with van der Waals surface area (Å²) in [7, 11) is 0. The molecule has 1 aliphatic rings. The lowest BCUT2D eigenvalue weighted by molar-refractivity contribution is -0.277. The summed E-state index contributed by atoms with van der Waals surface area (Å²) < 4.78 is 13.7. The van der Waals surface area contributed by atoms with Crippen molar-refractivity contribution in [1.29, 1.82) is 0 Å². The fraction of sp³-hybridized carbons (Fsp3) is 0.300. The Morgan fingerprint density at radius 2 is 2.33 bits per heavy atom. The van der Waals surface area contributed by atoms with Crippen molar-refractivity contribution in [3.8, 4) is 0 Å². The lowest BCUT2D eigenvalue weighted by Crippen LogP contribution is -2.06. The summed E-state index contributed by atoms with van der Waals surface area (Å²) in [6.45, 7) is 0.390. The van der Waals surface area contributed by atoms with Gasteiger partial charge in [0.05, 0.1) is 12.2 Å². The number of carboxylic acids is 1. The summed E-state index contributed by atoms with van der Waals surface area (Å²) >= 11 is 0. The topological polar surface area (TPSA) is 55.8 Å². The van der Waals surface area contributed by atoms with Crippen LogP contribution in [0.4, 0.5) is 4.39 Å². The minimum atomic E-state index is -1.28. The Morgan fingerprint density at radius 1 is 1.53 bits per heavy atom. The molecule has 80 valence electrons. The maximum absolute atomic E-state index is 13.7. The number of hydrogen-bond acceptors (Lipinski definition) is 3. The maximum atomic E-state index is 13.7. The van der Waals surface area contributed by atoms with Crippen LogP contribution < -0.4 is 0 Å². The van der Waals surface area contributed by atoms with Crippen molar-refractivity contribution in [1.82, 2.24) is 0 Å². The van der Waals surface area contributed by atoms with Gasteiger partial charge in [-0.2, -0.15) is 0 Å². The largest absolute Gasteiger partial charge is 0.478 e. The number of carboxylic acid groups (broad SMARTS) is 1. The number of carbonyl (C=O) groups is 1. The van der Waals surface area contributed by atoms with Gasteiger partial charge in [-0.05, 0) is 6.07 Å². The highest BCUT2D eigenvalue weighted by Gasteiger charge is 2.25. The van der Waals surface area contributed by atoms with Gasteiger partial charge in [-0.15, -0.1) is 0 Å². The Hall–Kier alpha value is -1.46. The molecule has 0 aromatic heterocycles. The van der Waals surface area contributed by atoms with E-state index in [9.17, 15) is 9.18 Å². The molecule has 5 heteroatoms. The number of halogens is 1. The van der Waals surface area contributed by atoms with E-state index in [1.165, 1.54) is 18.2 Å². The van der Waals surface area contributed by atoms with Gasteiger partial charge in [0.25, 0.3) is 0 Å². The van der Waals surface area contributed by atoms with Crippen molar-refractivity contribution in [3.05, 3.63) is 35.1 Å². The first kappa shape index (κ1) is 10.1. The quantitative estimate of drug-likeness (QED) is 0.761. The van der Waals surface area contributed by atoms with Crippen LogP contribution in [0, 0.1) is 5.82 Å². The molecule has 1 aliphatic heterocycles. The lowest BCUT2D eigenvalue weighted by Gasteiger charge is -2.09.